The van der Waals surface area contributed by atoms with Crippen molar-refractivity contribution in [3.8, 4) is 5.75 Å². The molecule has 0 saturated carbocycles. The van der Waals surface area contributed by atoms with Crippen molar-refractivity contribution >= 4 is 17.6 Å². The summed E-state index contributed by atoms with van der Waals surface area (Å²) in [6.07, 6.45) is 1.09. The molecule has 1 aliphatic heterocycles. The fourth-order valence-corrected chi connectivity index (χ4v) is 2.67. The van der Waals surface area contributed by atoms with E-state index in [-0.39, 0.29) is 6.61 Å². The van der Waals surface area contributed by atoms with E-state index >= 15 is 0 Å². The van der Waals surface area contributed by atoms with Gasteiger partial charge in [0.15, 0.2) is 6.61 Å². The topological polar surface area (TPSA) is 59.0 Å². The third kappa shape index (κ3) is 5.19. The summed E-state index contributed by atoms with van der Waals surface area (Å²) in [4.78, 5) is 12.8. The van der Waals surface area contributed by atoms with Crippen molar-refractivity contribution in [3.63, 3.8) is 0 Å². The Morgan fingerprint density at radius 1 is 1.57 bits per heavy atom. The van der Waals surface area contributed by atoms with E-state index in [1.165, 1.54) is 0 Å². The molecule has 0 radical (unpaired) electrons. The number of nitrogens with zero attached hydrogens (tertiary/aromatic N) is 1. The molecular formula is C15H20ClNO4. The standard InChI is InChI=1S/C15H20ClNO4/c1-17(7-11-4-5-20-9-11)8-12-6-13(16)2-3-14(12)21-10-15(18)19/h2-3,6,11H,4-5,7-10H2,1H3,(H,18,19). The van der Waals surface area contributed by atoms with Gasteiger partial charge >= 0.3 is 5.97 Å². The van der Waals surface area contributed by atoms with E-state index in [1.807, 2.05) is 13.1 Å². The molecule has 1 unspecified atom stereocenters. The molecule has 6 heteroatoms. The van der Waals surface area contributed by atoms with Crippen molar-refractivity contribution in [2.45, 2.75) is 13.0 Å². The van der Waals surface area contributed by atoms with Gasteiger partial charge in [-0.25, -0.2) is 4.79 Å². The Hall–Kier alpha value is -1.30. The highest BCUT2D eigenvalue weighted by Crippen LogP contribution is 2.25. The monoisotopic (exact) mass is 313 g/mol. The second-order valence-electron chi connectivity index (χ2n) is 5.36. The summed E-state index contributed by atoms with van der Waals surface area (Å²) in [5.41, 5.74) is 0.894. The van der Waals surface area contributed by atoms with Gasteiger partial charge in [-0.15, -0.1) is 0 Å². The Bertz CT molecular complexity index is 489. The normalized spacial score (nSPS) is 18.1. The van der Waals surface area contributed by atoms with E-state index in [0.717, 1.165) is 31.7 Å². The molecular weight excluding hydrogens is 294 g/mol. The number of hydrogen-bond acceptors (Lipinski definition) is 4. The summed E-state index contributed by atoms with van der Waals surface area (Å²) in [5, 5.41) is 9.33. The zero-order valence-electron chi connectivity index (χ0n) is 12.0. The third-order valence-electron chi connectivity index (χ3n) is 3.41. The Morgan fingerprint density at radius 2 is 2.38 bits per heavy atom. The number of benzene rings is 1. The molecule has 1 atom stereocenters. The molecule has 1 aliphatic rings. The van der Waals surface area contributed by atoms with Gasteiger partial charge in [-0.05, 0) is 37.6 Å². The first kappa shape index (κ1) is 16.1. The molecule has 1 aromatic carbocycles. The lowest BCUT2D eigenvalue weighted by Crippen LogP contribution is -2.26. The Balaban J connectivity index is 1.98. The predicted molar refractivity (Wildman–Crippen MR) is 79.8 cm³/mol. The molecule has 0 spiro atoms. The zero-order chi connectivity index (χ0) is 15.2. The third-order valence-corrected chi connectivity index (χ3v) is 3.64. The molecule has 21 heavy (non-hydrogen) atoms. The predicted octanol–water partition coefficient (Wildman–Crippen LogP) is 2.27. The Kier molecular flexibility index (Phi) is 5.85. The van der Waals surface area contributed by atoms with Crippen molar-refractivity contribution in [3.05, 3.63) is 28.8 Å². The molecule has 0 aliphatic carbocycles. The summed E-state index contributed by atoms with van der Waals surface area (Å²) >= 11 is 6.02. The molecule has 5 nitrogen and oxygen atoms in total. The molecule has 0 aromatic heterocycles. The minimum atomic E-state index is -0.993. The van der Waals surface area contributed by atoms with Gasteiger partial charge in [-0.2, -0.15) is 0 Å². The van der Waals surface area contributed by atoms with Gasteiger partial charge in [0.25, 0.3) is 0 Å². The molecule has 1 N–H and O–H groups in total. The minimum Gasteiger partial charge on any atom is -0.482 e. The first-order valence-electron chi connectivity index (χ1n) is 6.94. The molecule has 0 amide bonds. The lowest BCUT2D eigenvalue weighted by atomic mass is 10.1. The fraction of sp³-hybridized carbons (Fsp3) is 0.533. The number of hydrogen-bond donors (Lipinski definition) is 1. The number of carboxylic acid groups (broad SMARTS) is 1. The number of carbonyl (C=O) groups is 1. The van der Waals surface area contributed by atoms with Crippen LogP contribution in [-0.4, -0.2) is 49.4 Å². The first-order valence-corrected chi connectivity index (χ1v) is 7.31. The van der Waals surface area contributed by atoms with Gasteiger partial charge < -0.3 is 19.5 Å². The van der Waals surface area contributed by atoms with Crippen LogP contribution >= 0.6 is 11.6 Å². The SMILES string of the molecule is CN(Cc1cc(Cl)ccc1OCC(=O)O)CC1CCOC1. The van der Waals surface area contributed by atoms with E-state index in [2.05, 4.69) is 4.90 Å². The van der Waals surface area contributed by atoms with E-state index in [1.54, 1.807) is 12.1 Å². The zero-order valence-corrected chi connectivity index (χ0v) is 12.8. The van der Waals surface area contributed by atoms with Crippen LogP contribution in [0.4, 0.5) is 0 Å². The summed E-state index contributed by atoms with van der Waals surface area (Å²) in [6, 6.07) is 5.24. The second kappa shape index (κ2) is 7.64. The number of halogens is 1. The van der Waals surface area contributed by atoms with Gasteiger partial charge in [0, 0.05) is 30.3 Å². The summed E-state index contributed by atoms with van der Waals surface area (Å²) in [6.45, 7) is 2.89. The largest absolute Gasteiger partial charge is 0.482 e. The second-order valence-corrected chi connectivity index (χ2v) is 5.80. The number of rotatable bonds is 7. The number of ether oxygens (including phenoxy) is 2. The maximum atomic E-state index is 10.6. The Morgan fingerprint density at radius 3 is 3.05 bits per heavy atom. The van der Waals surface area contributed by atoms with E-state index < -0.39 is 5.97 Å². The highest BCUT2D eigenvalue weighted by molar-refractivity contribution is 6.30. The highest BCUT2D eigenvalue weighted by Gasteiger charge is 2.18. The number of carboxylic acids is 1. The van der Waals surface area contributed by atoms with Crippen molar-refractivity contribution in [1.82, 2.24) is 4.90 Å². The van der Waals surface area contributed by atoms with Crippen LogP contribution in [0, 0.1) is 5.92 Å². The van der Waals surface area contributed by atoms with Crippen molar-refractivity contribution in [2.75, 3.05) is 33.4 Å². The molecule has 1 fully saturated rings. The van der Waals surface area contributed by atoms with E-state index in [9.17, 15) is 4.79 Å². The van der Waals surface area contributed by atoms with Crippen LogP contribution in [0.15, 0.2) is 18.2 Å². The molecule has 2 rings (SSSR count). The first-order chi connectivity index (χ1) is 10.0. The van der Waals surface area contributed by atoms with Gasteiger partial charge in [-0.3, -0.25) is 0 Å². The minimum absolute atomic E-state index is 0.352. The maximum absolute atomic E-state index is 10.6. The molecule has 1 heterocycles. The molecule has 0 bridgehead atoms. The van der Waals surface area contributed by atoms with Crippen LogP contribution in [-0.2, 0) is 16.1 Å². The summed E-state index contributed by atoms with van der Waals surface area (Å²) in [5.74, 6) is 0.126. The molecule has 116 valence electrons. The van der Waals surface area contributed by atoms with Crippen LogP contribution in [0.3, 0.4) is 0 Å². The maximum Gasteiger partial charge on any atom is 0.341 e. The van der Waals surface area contributed by atoms with Gasteiger partial charge in [0.1, 0.15) is 5.75 Å². The molecule has 1 saturated heterocycles. The van der Waals surface area contributed by atoms with Crippen molar-refractivity contribution in [1.29, 1.82) is 0 Å². The summed E-state index contributed by atoms with van der Waals surface area (Å²) in [7, 11) is 2.03. The van der Waals surface area contributed by atoms with Crippen LogP contribution in [0.1, 0.15) is 12.0 Å². The van der Waals surface area contributed by atoms with Crippen molar-refractivity contribution in [2.24, 2.45) is 5.92 Å². The van der Waals surface area contributed by atoms with Crippen LogP contribution in [0.5, 0.6) is 5.75 Å². The average molecular weight is 314 g/mol. The van der Waals surface area contributed by atoms with Crippen LogP contribution in [0.25, 0.3) is 0 Å². The van der Waals surface area contributed by atoms with E-state index in [0.29, 0.717) is 23.2 Å². The van der Waals surface area contributed by atoms with Gasteiger partial charge in [-0.1, -0.05) is 11.6 Å². The van der Waals surface area contributed by atoms with Crippen LogP contribution < -0.4 is 4.74 Å². The van der Waals surface area contributed by atoms with Gasteiger partial charge in [0.2, 0.25) is 0 Å². The fourth-order valence-electron chi connectivity index (χ4n) is 2.48. The van der Waals surface area contributed by atoms with Gasteiger partial charge in [0.05, 0.1) is 6.61 Å². The highest BCUT2D eigenvalue weighted by atomic mass is 35.5. The van der Waals surface area contributed by atoms with Crippen LogP contribution in [0.2, 0.25) is 5.02 Å². The summed E-state index contributed by atoms with van der Waals surface area (Å²) < 4.78 is 10.7. The quantitative estimate of drug-likeness (QED) is 0.837. The van der Waals surface area contributed by atoms with Crippen molar-refractivity contribution < 1.29 is 19.4 Å². The number of aliphatic carboxylic acids is 1. The lowest BCUT2D eigenvalue weighted by molar-refractivity contribution is -0.139. The average Bonchev–Trinajstić information content (AvgIpc) is 2.90. The molecule has 1 aromatic rings. The smallest absolute Gasteiger partial charge is 0.341 e. The Labute approximate surface area is 129 Å². The lowest BCUT2D eigenvalue weighted by Gasteiger charge is -2.21. The van der Waals surface area contributed by atoms with E-state index in [4.69, 9.17) is 26.2 Å².